The van der Waals surface area contributed by atoms with E-state index in [9.17, 15) is 8.42 Å². The lowest BCUT2D eigenvalue weighted by molar-refractivity contribution is 0.171. The molecule has 3 rings (SSSR count). The number of hydrogen-bond acceptors (Lipinski definition) is 4. The van der Waals surface area contributed by atoms with Gasteiger partial charge in [-0.3, -0.25) is 0 Å². The van der Waals surface area contributed by atoms with Crippen molar-refractivity contribution in [1.82, 2.24) is 4.72 Å². The van der Waals surface area contributed by atoms with Gasteiger partial charge in [0.05, 0.1) is 4.90 Å². The molecule has 0 fully saturated rings. The van der Waals surface area contributed by atoms with Gasteiger partial charge in [0.15, 0.2) is 11.5 Å². The van der Waals surface area contributed by atoms with E-state index in [2.05, 4.69) is 4.72 Å². The molecule has 1 N–H and O–H groups in total. The van der Waals surface area contributed by atoms with Gasteiger partial charge in [-0.05, 0) is 42.3 Å². The predicted octanol–water partition coefficient (Wildman–Crippen LogP) is 2.63. The summed E-state index contributed by atoms with van der Waals surface area (Å²) in [5.41, 5.74) is 0.975. The van der Waals surface area contributed by atoms with Gasteiger partial charge in [-0.15, -0.1) is 0 Å². The molecule has 0 spiro atoms. The number of rotatable bonds is 5. The maximum absolute atomic E-state index is 12.2. The van der Waals surface area contributed by atoms with Crippen LogP contribution in [-0.4, -0.2) is 28.2 Å². The summed E-state index contributed by atoms with van der Waals surface area (Å²) < 4.78 is 37.9. The zero-order chi connectivity index (χ0) is 16.3. The molecule has 1 aliphatic heterocycles. The summed E-state index contributed by atoms with van der Waals surface area (Å²) in [5.74, 6) is 1.42. The van der Waals surface area contributed by atoms with Crippen molar-refractivity contribution in [1.29, 1.82) is 0 Å². The van der Waals surface area contributed by atoms with Crippen LogP contribution in [0.5, 0.6) is 11.5 Å². The fourth-order valence-electron chi connectivity index (χ4n) is 2.29. The van der Waals surface area contributed by atoms with E-state index in [0.29, 0.717) is 30.4 Å². The first kappa shape index (κ1) is 16.1. The van der Waals surface area contributed by atoms with E-state index in [4.69, 9.17) is 21.1 Å². The van der Waals surface area contributed by atoms with Crippen LogP contribution in [0.2, 0.25) is 5.02 Å². The molecular formula is C16H16ClNO4S. The molecule has 0 amide bonds. The minimum absolute atomic E-state index is 0.159. The van der Waals surface area contributed by atoms with Gasteiger partial charge in [-0.1, -0.05) is 23.7 Å². The Morgan fingerprint density at radius 1 is 1.04 bits per heavy atom. The third kappa shape index (κ3) is 3.96. The first-order chi connectivity index (χ1) is 11.0. The molecule has 0 atom stereocenters. The lowest BCUT2D eigenvalue weighted by Crippen LogP contribution is -2.26. The normalized spacial score (nSPS) is 13.8. The molecule has 2 aromatic rings. The number of fused-ring (bicyclic) bond motifs is 1. The first-order valence-corrected chi connectivity index (χ1v) is 9.04. The summed E-state index contributed by atoms with van der Waals surface area (Å²) in [6.45, 7) is 1.36. The van der Waals surface area contributed by atoms with Crippen molar-refractivity contribution < 1.29 is 17.9 Å². The predicted molar refractivity (Wildman–Crippen MR) is 87.8 cm³/mol. The maximum Gasteiger partial charge on any atom is 0.240 e. The molecular weight excluding hydrogens is 338 g/mol. The lowest BCUT2D eigenvalue weighted by atomic mass is 10.1. The number of hydrogen-bond donors (Lipinski definition) is 1. The average molecular weight is 354 g/mol. The fourth-order valence-corrected chi connectivity index (χ4v) is 3.62. The number of sulfonamides is 1. The number of ether oxygens (including phenoxy) is 2. The quantitative estimate of drug-likeness (QED) is 0.897. The number of halogens is 1. The molecule has 1 aliphatic rings. The minimum atomic E-state index is -3.56. The maximum atomic E-state index is 12.2. The Bertz CT molecular complexity index is 807. The van der Waals surface area contributed by atoms with Crippen molar-refractivity contribution in [2.45, 2.75) is 11.3 Å². The van der Waals surface area contributed by atoms with Crippen molar-refractivity contribution in [2.24, 2.45) is 0 Å². The SMILES string of the molecule is O=S(=O)(NCCc1ccc2c(c1)OCCO2)c1cccc(Cl)c1. The second-order valence-corrected chi connectivity index (χ2v) is 7.29. The van der Waals surface area contributed by atoms with Crippen LogP contribution in [0.1, 0.15) is 5.56 Å². The highest BCUT2D eigenvalue weighted by molar-refractivity contribution is 7.89. The van der Waals surface area contributed by atoms with Crippen LogP contribution in [0.15, 0.2) is 47.4 Å². The van der Waals surface area contributed by atoms with Gasteiger partial charge in [-0.2, -0.15) is 0 Å². The summed E-state index contributed by atoms with van der Waals surface area (Å²) in [5, 5.41) is 0.389. The van der Waals surface area contributed by atoms with Crippen molar-refractivity contribution >= 4 is 21.6 Å². The van der Waals surface area contributed by atoms with Crippen LogP contribution in [0.3, 0.4) is 0 Å². The molecule has 2 aromatic carbocycles. The van der Waals surface area contributed by atoms with Gasteiger partial charge in [0.1, 0.15) is 13.2 Å². The van der Waals surface area contributed by atoms with Gasteiger partial charge in [0, 0.05) is 11.6 Å². The van der Waals surface area contributed by atoms with Crippen LogP contribution in [0, 0.1) is 0 Å². The Morgan fingerprint density at radius 3 is 2.61 bits per heavy atom. The summed E-state index contributed by atoms with van der Waals surface area (Å²) in [6, 6.07) is 11.8. The summed E-state index contributed by atoms with van der Waals surface area (Å²) in [6.07, 6.45) is 0.552. The van der Waals surface area contributed by atoms with Gasteiger partial charge in [0.25, 0.3) is 0 Å². The van der Waals surface area contributed by atoms with Crippen LogP contribution in [0.4, 0.5) is 0 Å². The zero-order valence-electron chi connectivity index (χ0n) is 12.3. The monoisotopic (exact) mass is 353 g/mol. The van der Waals surface area contributed by atoms with Crippen molar-refractivity contribution in [3.63, 3.8) is 0 Å². The Morgan fingerprint density at radius 2 is 1.83 bits per heavy atom. The standard InChI is InChI=1S/C16H16ClNO4S/c17-13-2-1-3-14(11-13)23(19,20)18-7-6-12-4-5-15-16(10-12)22-9-8-21-15/h1-5,10-11,18H,6-9H2. The van der Waals surface area contributed by atoms with Gasteiger partial charge >= 0.3 is 0 Å². The zero-order valence-corrected chi connectivity index (χ0v) is 13.9. The van der Waals surface area contributed by atoms with Crippen LogP contribution < -0.4 is 14.2 Å². The summed E-state index contributed by atoms with van der Waals surface area (Å²) in [4.78, 5) is 0.159. The van der Waals surface area contributed by atoms with Crippen LogP contribution in [0.25, 0.3) is 0 Å². The highest BCUT2D eigenvalue weighted by Crippen LogP contribution is 2.30. The van der Waals surface area contributed by atoms with Crippen molar-refractivity contribution in [3.05, 3.63) is 53.1 Å². The van der Waals surface area contributed by atoms with Gasteiger partial charge in [-0.25, -0.2) is 13.1 Å². The molecule has 7 heteroatoms. The van der Waals surface area contributed by atoms with Crippen molar-refractivity contribution in [2.75, 3.05) is 19.8 Å². The van der Waals surface area contributed by atoms with Crippen LogP contribution in [-0.2, 0) is 16.4 Å². The molecule has 1 heterocycles. The Kier molecular flexibility index (Phi) is 4.75. The molecule has 0 bridgehead atoms. The van der Waals surface area contributed by atoms with E-state index in [1.807, 2.05) is 18.2 Å². The molecule has 0 aromatic heterocycles. The molecule has 122 valence electrons. The largest absolute Gasteiger partial charge is 0.486 e. The molecule has 23 heavy (non-hydrogen) atoms. The molecule has 0 aliphatic carbocycles. The number of nitrogens with one attached hydrogen (secondary N) is 1. The third-order valence-electron chi connectivity index (χ3n) is 3.42. The summed E-state index contributed by atoms with van der Waals surface area (Å²) in [7, 11) is -3.56. The fraction of sp³-hybridized carbons (Fsp3) is 0.250. The van der Waals surface area contributed by atoms with Gasteiger partial charge in [0.2, 0.25) is 10.0 Å². The van der Waals surface area contributed by atoms with E-state index in [1.54, 1.807) is 12.1 Å². The molecule has 0 radical (unpaired) electrons. The van der Waals surface area contributed by atoms with E-state index in [-0.39, 0.29) is 11.4 Å². The topological polar surface area (TPSA) is 64.6 Å². The lowest BCUT2D eigenvalue weighted by Gasteiger charge is -2.18. The Balaban J connectivity index is 1.63. The second-order valence-electron chi connectivity index (χ2n) is 5.08. The van der Waals surface area contributed by atoms with E-state index < -0.39 is 10.0 Å². The molecule has 0 saturated carbocycles. The summed E-state index contributed by atoms with van der Waals surface area (Å²) >= 11 is 5.83. The van der Waals surface area contributed by atoms with Crippen molar-refractivity contribution in [3.8, 4) is 11.5 Å². The Labute approximate surface area is 140 Å². The molecule has 0 saturated heterocycles. The minimum Gasteiger partial charge on any atom is -0.486 e. The highest BCUT2D eigenvalue weighted by Gasteiger charge is 2.15. The average Bonchev–Trinajstić information content (AvgIpc) is 2.54. The van der Waals surface area contributed by atoms with Crippen LogP contribution >= 0.6 is 11.6 Å². The smallest absolute Gasteiger partial charge is 0.240 e. The van der Waals surface area contributed by atoms with E-state index in [0.717, 1.165) is 11.3 Å². The number of benzene rings is 2. The third-order valence-corrected chi connectivity index (χ3v) is 5.11. The molecule has 5 nitrogen and oxygen atoms in total. The Hall–Kier alpha value is -1.76. The van der Waals surface area contributed by atoms with Gasteiger partial charge < -0.3 is 9.47 Å². The first-order valence-electron chi connectivity index (χ1n) is 7.18. The highest BCUT2D eigenvalue weighted by atomic mass is 35.5. The van der Waals surface area contributed by atoms with E-state index in [1.165, 1.54) is 12.1 Å². The van der Waals surface area contributed by atoms with E-state index >= 15 is 0 Å². The second kappa shape index (κ2) is 6.78. The molecule has 0 unspecified atom stereocenters.